The molecule has 8 heteroatoms. The highest BCUT2D eigenvalue weighted by Crippen LogP contribution is 2.35. The van der Waals surface area contributed by atoms with Crippen LogP contribution in [0.15, 0.2) is 88.2 Å². The van der Waals surface area contributed by atoms with Gasteiger partial charge in [-0.3, -0.25) is 14.5 Å². The topological polar surface area (TPSA) is 72.9 Å². The van der Waals surface area contributed by atoms with E-state index in [-0.39, 0.29) is 35.0 Å². The molecule has 0 N–H and O–H groups in total. The van der Waals surface area contributed by atoms with Crippen molar-refractivity contribution in [2.45, 2.75) is 26.7 Å². The van der Waals surface area contributed by atoms with Gasteiger partial charge in [-0.05, 0) is 82.9 Å². The predicted molar refractivity (Wildman–Crippen MR) is 166 cm³/mol. The standard InChI is InChI=1S/C33H28BrNO5S/c1-20(2)25-13-11-21(3)17-29(25)39-16-15-35-31(36)30(41-33(35)38)19-23-18-24(34)12-14-28(23)40-32(37)27-10-6-8-22-7-4-5-9-26(22)27/h4-14,17-20H,15-16H2,1-3H3/b30-19-. The Morgan fingerprint density at radius 1 is 0.976 bits per heavy atom. The van der Waals surface area contributed by atoms with E-state index in [9.17, 15) is 14.4 Å². The summed E-state index contributed by atoms with van der Waals surface area (Å²) >= 11 is 4.30. The zero-order valence-corrected chi connectivity index (χ0v) is 25.3. The maximum absolute atomic E-state index is 13.2. The Hall–Kier alpha value is -3.88. The number of amides is 2. The van der Waals surface area contributed by atoms with E-state index < -0.39 is 11.9 Å². The van der Waals surface area contributed by atoms with Gasteiger partial charge in [-0.25, -0.2) is 4.79 Å². The van der Waals surface area contributed by atoms with Crippen LogP contribution in [-0.4, -0.2) is 35.2 Å². The average molecular weight is 631 g/mol. The molecule has 5 rings (SSSR count). The van der Waals surface area contributed by atoms with Crippen LogP contribution in [0, 0.1) is 6.92 Å². The molecule has 0 unspecified atom stereocenters. The minimum absolute atomic E-state index is 0.120. The molecule has 1 aliphatic heterocycles. The molecule has 2 amide bonds. The maximum atomic E-state index is 13.2. The fourth-order valence-electron chi connectivity index (χ4n) is 4.61. The van der Waals surface area contributed by atoms with Gasteiger partial charge >= 0.3 is 5.97 Å². The van der Waals surface area contributed by atoms with Gasteiger partial charge in [-0.2, -0.15) is 0 Å². The average Bonchev–Trinajstić information content (AvgIpc) is 3.21. The molecular weight excluding hydrogens is 602 g/mol. The number of fused-ring (bicyclic) bond motifs is 1. The lowest BCUT2D eigenvalue weighted by atomic mass is 10.0. The van der Waals surface area contributed by atoms with Crippen molar-refractivity contribution in [3.05, 3.63) is 110 Å². The second kappa shape index (κ2) is 12.3. The van der Waals surface area contributed by atoms with Crippen LogP contribution in [0.3, 0.4) is 0 Å². The third-order valence-corrected chi connectivity index (χ3v) is 8.11. The summed E-state index contributed by atoms with van der Waals surface area (Å²) in [4.78, 5) is 40.6. The minimum atomic E-state index is -0.513. The molecule has 208 valence electrons. The van der Waals surface area contributed by atoms with Crippen LogP contribution in [0.2, 0.25) is 0 Å². The number of ether oxygens (including phenoxy) is 2. The first-order valence-corrected chi connectivity index (χ1v) is 14.8. The van der Waals surface area contributed by atoms with E-state index in [0.717, 1.165) is 43.9 Å². The molecule has 1 heterocycles. The van der Waals surface area contributed by atoms with E-state index in [1.54, 1.807) is 30.3 Å². The summed E-state index contributed by atoms with van der Waals surface area (Å²) < 4.78 is 12.5. The van der Waals surface area contributed by atoms with Gasteiger partial charge in [-0.1, -0.05) is 78.3 Å². The first kappa shape index (κ1) is 28.6. The minimum Gasteiger partial charge on any atom is -0.491 e. The molecule has 0 spiro atoms. The van der Waals surface area contributed by atoms with Gasteiger partial charge in [0.1, 0.15) is 18.1 Å². The Morgan fingerprint density at radius 3 is 2.56 bits per heavy atom. The third kappa shape index (κ3) is 6.39. The van der Waals surface area contributed by atoms with Gasteiger partial charge < -0.3 is 9.47 Å². The zero-order chi connectivity index (χ0) is 29.1. The van der Waals surface area contributed by atoms with Gasteiger partial charge in [0, 0.05) is 10.0 Å². The second-order valence-electron chi connectivity index (χ2n) is 9.98. The van der Waals surface area contributed by atoms with E-state index >= 15 is 0 Å². The molecule has 0 aliphatic carbocycles. The number of carbonyl (C=O) groups is 3. The van der Waals surface area contributed by atoms with Crippen LogP contribution < -0.4 is 9.47 Å². The second-order valence-corrected chi connectivity index (χ2v) is 11.9. The fourth-order valence-corrected chi connectivity index (χ4v) is 5.84. The van der Waals surface area contributed by atoms with E-state index in [1.807, 2.05) is 61.5 Å². The predicted octanol–water partition coefficient (Wildman–Crippen LogP) is 8.37. The molecule has 4 aromatic carbocycles. The Morgan fingerprint density at radius 2 is 1.76 bits per heavy atom. The number of carbonyl (C=O) groups excluding carboxylic acids is 3. The Labute approximate surface area is 251 Å². The highest BCUT2D eigenvalue weighted by atomic mass is 79.9. The largest absolute Gasteiger partial charge is 0.491 e. The van der Waals surface area contributed by atoms with Gasteiger partial charge in [-0.15, -0.1) is 0 Å². The number of hydrogen-bond acceptors (Lipinski definition) is 6. The molecule has 0 aromatic heterocycles. The lowest BCUT2D eigenvalue weighted by Crippen LogP contribution is -2.32. The Balaban J connectivity index is 1.33. The molecular formula is C33H28BrNO5S. The lowest BCUT2D eigenvalue weighted by Gasteiger charge is -2.17. The van der Waals surface area contributed by atoms with Crippen LogP contribution in [0.4, 0.5) is 4.79 Å². The first-order chi connectivity index (χ1) is 19.7. The van der Waals surface area contributed by atoms with Crippen molar-refractivity contribution in [3.8, 4) is 11.5 Å². The molecule has 0 bridgehead atoms. The zero-order valence-electron chi connectivity index (χ0n) is 22.8. The van der Waals surface area contributed by atoms with Gasteiger partial charge in [0.25, 0.3) is 11.1 Å². The van der Waals surface area contributed by atoms with Crippen molar-refractivity contribution in [2.24, 2.45) is 0 Å². The van der Waals surface area contributed by atoms with Crippen LogP contribution in [-0.2, 0) is 4.79 Å². The molecule has 4 aromatic rings. The molecule has 1 aliphatic rings. The number of esters is 1. The molecule has 0 saturated carbocycles. The maximum Gasteiger partial charge on any atom is 0.344 e. The van der Waals surface area contributed by atoms with Crippen molar-refractivity contribution in [3.63, 3.8) is 0 Å². The Bertz CT molecular complexity index is 1690. The Kier molecular flexibility index (Phi) is 8.61. The summed E-state index contributed by atoms with van der Waals surface area (Å²) in [6, 6.07) is 24.3. The number of benzene rings is 4. The molecule has 0 radical (unpaired) electrons. The molecule has 6 nitrogen and oxygen atoms in total. The monoisotopic (exact) mass is 629 g/mol. The summed E-state index contributed by atoms with van der Waals surface area (Å²) in [5, 5.41) is 1.34. The lowest BCUT2D eigenvalue weighted by molar-refractivity contribution is -0.123. The molecule has 1 fully saturated rings. The number of rotatable bonds is 8. The molecule has 0 atom stereocenters. The number of thioether (sulfide) groups is 1. The van der Waals surface area contributed by atoms with Gasteiger partial charge in [0.2, 0.25) is 0 Å². The van der Waals surface area contributed by atoms with Crippen LogP contribution in [0.5, 0.6) is 11.5 Å². The van der Waals surface area contributed by atoms with Gasteiger partial charge in [0.15, 0.2) is 0 Å². The number of hydrogen-bond donors (Lipinski definition) is 0. The van der Waals surface area contributed by atoms with E-state index in [0.29, 0.717) is 11.1 Å². The molecule has 41 heavy (non-hydrogen) atoms. The van der Waals surface area contributed by atoms with Crippen LogP contribution in [0.25, 0.3) is 16.8 Å². The summed E-state index contributed by atoms with van der Waals surface area (Å²) in [7, 11) is 0. The number of halogens is 1. The normalized spacial score (nSPS) is 14.4. The first-order valence-electron chi connectivity index (χ1n) is 13.2. The smallest absolute Gasteiger partial charge is 0.344 e. The summed E-state index contributed by atoms with van der Waals surface area (Å²) in [6.07, 6.45) is 1.58. The van der Waals surface area contributed by atoms with Gasteiger partial charge in [0.05, 0.1) is 17.0 Å². The highest BCUT2D eigenvalue weighted by molar-refractivity contribution is 9.10. The van der Waals surface area contributed by atoms with Crippen molar-refractivity contribution >= 4 is 61.7 Å². The van der Waals surface area contributed by atoms with Crippen molar-refractivity contribution in [2.75, 3.05) is 13.2 Å². The quantitative estimate of drug-likeness (QED) is 0.111. The van der Waals surface area contributed by atoms with Crippen LogP contribution in [0.1, 0.15) is 46.8 Å². The van der Waals surface area contributed by atoms with E-state index in [4.69, 9.17) is 9.47 Å². The summed E-state index contributed by atoms with van der Waals surface area (Å²) in [5.74, 6) is 0.389. The number of imide groups is 1. The van der Waals surface area contributed by atoms with Crippen molar-refractivity contribution in [1.29, 1.82) is 0 Å². The third-order valence-electron chi connectivity index (χ3n) is 6.71. The van der Waals surface area contributed by atoms with E-state index in [2.05, 4.69) is 29.8 Å². The number of nitrogens with zero attached hydrogens (tertiary/aromatic N) is 1. The van der Waals surface area contributed by atoms with Crippen molar-refractivity contribution < 1.29 is 23.9 Å². The SMILES string of the molecule is Cc1ccc(C(C)C)c(OCCN2C(=O)S/C(=C\c3cc(Br)ccc3OC(=O)c3cccc4ccccc34)C2=O)c1. The fraction of sp³-hybridized carbons (Fsp3) is 0.182. The van der Waals surface area contributed by atoms with Crippen molar-refractivity contribution in [1.82, 2.24) is 4.90 Å². The molecule has 1 saturated heterocycles. The highest BCUT2D eigenvalue weighted by Gasteiger charge is 2.35. The summed E-state index contributed by atoms with van der Waals surface area (Å²) in [5.41, 5.74) is 3.08. The summed E-state index contributed by atoms with van der Waals surface area (Å²) in [6.45, 7) is 6.48. The number of aryl methyl sites for hydroxylation is 1. The van der Waals surface area contributed by atoms with E-state index in [1.165, 1.54) is 4.90 Å². The van der Waals surface area contributed by atoms with Crippen LogP contribution >= 0.6 is 27.7 Å².